The lowest BCUT2D eigenvalue weighted by Crippen LogP contribution is -1.94. The van der Waals surface area contributed by atoms with Gasteiger partial charge in [0.1, 0.15) is 11.5 Å². The molecule has 2 N–H and O–H groups in total. The normalized spacial score (nSPS) is 10.1. The van der Waals surface area contributed by atoms with Crippen LogP contribution < -0.4 is 5.73 Å². The Morgan fingerprint density at radius 1 is 1.21 bits per heavy atom. The van der Waals surface area contributed by atoms with E-state index in [1.54, 1.807) is 12.3 Å². The van der Waals surface area contributed by atoms with Crippen molar-refractivity contribution in [3.63, 3.8) is 0 Å². The third-order valence-corrected chi connectivity index (χ3v) is 1.87. The number of nitrogens with zero attached hydrogens (tertiary/aromatic N) is 2. The zero-order valence-electron chi connectivity index (χ0n) is 7.31. The van der Waals surface area contributed by atoms with E-state index in [2.05, 4.69) is 9.97 Å². The Hall–Kier alpha value is -1.97. The Labute approximate surface area is 80.4 Å². The highest BCUT2D eigenvalue weighted by Crippen LogP contribution is 2.24. The molecule has 0 amide bonds. The number of rotatable bonds is 1. The average Bonchev–Trinajstić information content (AvgIpc) is 2.20. The molecule has 70 valence electrons. The van der Waals surface area contributed by atoms with Crippen molar-refractivity contribution in [3.05, 3.63) is 42.6 Å². The van der Waals surface area contributed by atoms with Crippen LogP contribution >= 0.6 is 0 Å². The Kier molecular flexibility index (Phi) is 2.10. The lowest BCUT2D eigenvalue weighted by atomic mass is 10.1. The van der Waals surface area contributed by atoms with Gasteiger partial charge in [-0.1, -0.05) is 0 Å². The Morgan fingerprint density at radius 2 is 2.07 bits per heavy atom. The monoisotopic (exact) mass is 189 g/mol. The van der Waals surface area contributed by atoms with E-state index in [4.69, 9.17) is 5.73 Å². The van der Waals surface area contributed by atoms with E-state index >= 15 is 0 Å². The van der Waals surface area contributed by atoms with Gasteiger partial charge in [0.25, 0.3) is 0 Å². The second-order valence-corrected chi connectivity index (χ2v) is 2.80. The van der Waals surface area contributed by atoms with Crippen molar-refractivity contribution in [1.82, 2.24) is 9.97 Å². The predicted molar refractivity (Wildman–Crippen MR) is 51.8 cm³/mol. The van der Waals surface area contributed by atoms with Crippen LogP contribution in [0, 0.1) is 5.82 Å². The standard InChI is InChI=1S/C10H8FN3/c11-8-2-1-4-14-10(8)7-3-5-13-6-9(7)12/h1-6H,12H2. The Morgan fingerprint density at radius 3 is 2.79 bits per heavy atom. The predicted octanol–water partition coefficient (Wildman–Crippen LogP) is 1.86. The number of nitrogens with two attached hydrogens (primary N) is 1. The van der Waals surface area contributed by atoms with Crippen molar-refractivity contribution in [3.8, 4) is 11.3 Å². The first-order valence-corrected chi connectivity index (χ1v) is 4.09. The highest BCUT2D eigenvalue weighted by Gasteiger charge is 2.07. The van der Waals surface area contributed by atoms with Crippen molar-refractivity contribution in [2.75, 3.05) is 5.73 Å². The zero-order valence-corrected chi connectivity index (χ0v) is 7.31. The van der Waals surface area contributed by atoms with E-state index in [9.17, 15) is 4.39 Å². The van der Waals surface area contributed by atoms with Crippen LogP contribution in [-0.4, -0.2) is 9.97 Å². The summed E-state index contributed by atoms with van der Waals surface area (Å²) in [4.78, 5) is 7.75. The lowest BCUT2D eigenvalue weighted by molar-refractivity contribution is 0.626. The number of hydrogen-bond donors (Lipinski definition) is 1. The van der Waals surface area contributed by atoms with Crippen LogP contribution in [0.5, 0.6) is 0 Å². The van der Waals surface area contributed by atoms with E-state index in [-0.39, 0.29) is 11.5 Å². The number of nitrogen functional groups attached to an aromatic ring is 1. The topological polar surface area (TPSA) is 51.8 Å². The second-order valence-electron chi connectivity index (χ2n) is 2.80. The van der Waals surface area contributed by atoms with Gasteiger partial charge in [-0.15, -0.1) is 0 Å². The van der Waals surface area contributed by atoms with Gasteiger partial charge in [-0.3, -0.25) is 9.97 Å². The van der Waals surface area contributed by atoms with Crippen LogP contribution in [0.1, 0.15) is 0 Å². The highest BCUT2D eigenvalue weighted by molar-refractivity contribution is 5.72. The molecule has 2 aromatic rings. The first kappa shape index (κ1) is 8.62. The summed E-state index contributed by atoms with van der Waals surface area (Å²) in [5, 5.41) is 0. The highest BCUT2D eigenvalue weighted by atomic mass is 19.1. The van der Waals surface area contributed by atoms with Gasteiger partial charge in [0.15, 0.2) is 0 Å². The van der Waals surface area contributed by atoms with E-state index < -0.39 is 0 Å². The molecule has 0 unspecified atom stereocenters. The van der Waals surface area contributed by atoms with Crippen LogP contribution in [0.25, 0.3) is 11.3 Å². The average molecular weight is 189 g/mol. The first-order valence-electron chi connectivity index (χ1n) is 4.09. The molecule has 0 aliphatic heterocycles. The third kappa shape index (κ3) is 1.42. The SMILES string of the molecule is Nc1cnccc1-c1ncccc1F. The van der Waals surface area contributed by atoms with Crippen molar-refractivity contribution in [2.45, 2.75) is 0 Å². The molecule has 0 saturated heterocycles. The Bertz CT molecular complexity index is 413. The van der Waals surface area contributed by atoms with Crippen molar-refractivity contribution in [1.29, 1.82) is 0 Å². The van der Waals surface area contributed by atoms with E-state index in [0.717, 1.165) is 0 Å². The second kappa shape index (κ2) is 3.41. The summed E-state index contributed by atoms with van der Waals surface area (Å²) in [6.45, 7) is 0. The minimum atomic E-state index is -0.384. The molecule has 2 aromatic heterocycles. The molecular formula is C10H8FN3. The van der Waals surface area contributed by atoms with Crippen LogP contribution in [-0.2, 0) is 0 Å². The van der Waals surface area contributed by atoms with E-state index in [1.807, 2.05) is 0 Å². The van der Waals surface area contributed by atoms with Crippen LogP contribution in [0.15, 0.2) is 36.8 Å². The summed E-state index contributed by atoms with van der Waals surface area (Å²) in [5.74, 6) is -0.384. The molecule has 0 saturated carbocycles. The number of aromatic nitrogens is 2. The molecule has 0 radical (unpaired) electrons. The molecule has 0 atom stereocenters. The fraction of sp³-hybridized carbons (Fsp3) is 0. The Balaban J connectivity index is 2.61. The maximum atomic E-state index is 13.3. The van der Waals surface area contributed by atoms with Crippen LogP contribution in [0.4, 0.5) is 10.1 Å². The zero-order chi connectivity index (χ0) is 9.97. The summed E-state index contributed by atoms with van der Waals surface area (Å²) in [6, 6.07) is 4.53. The molecule has 0 aromatic carbocycles. The van der Waals surface area contributed by atoms with Gasteiger partial charge in [0.05, 0.1) is 11.9 Å². The molecule has 2 heterocycles. The molecule has 14 heavy (non-hydrogen) atoms. The molecule has 2 rings (SSSR count). The summed E-state index contributed by atoms with van der Waals surface area (Å²) in [6.07, 6.45) is 4.56. The molecule has 0 fully saturated rings. The minimum Gasteiger partial charge on any atom is -0.397 e. The van der Waals surface area contributed by atoms with Gasteiger partial charge in [-0.25, -0.2) is 4.39 Å². The molecule has 0 bridgehead atoms. The molecule has 0 aliphatic rings. The molecule has 0 spiro atoms. The van der Waals surface area contributed by atoms with Crippen LogP contribution in [0.2, 0.25) is 0 Å². The van der Waals surface area contributed by atoms with Gasteiger partial charge in [0.2, 0.25) is 0 Å². The van der Waals surface area contributed by atoms with Crippen LogP contribution in [0.3, 0.4) is 0 Å². The largest absolute Gasteiger partial charge is 0.397 e. The molecule has 3 nitrogen and oxygen atoms in total. The minimum absolute atomic E-state index is 0.257. The third-order valence-electron chi connectivity index (χ3n) is 1.87. The van der Waals surface area contributed by atoms with Gasteiger partial charge in [0, 0.05) is 18.0 Å². The number of anilines is 1. The fourth-order valence-electron chi connectivity index (χ4n) is 1.21. The number of halogens is 1. The fourth-order valence-corrected chi connectivity index (χ4v) is 1.21. The van der Waals surface area contributed by atoms with Crippen molar-refractivity contribution >= 4 is 5.69 Å². The molecule has 0 aliphatic carbocycles. The van der Waals surface area contributed by atoms with E-state index in [1.165, 1.54) is 24.5 Å². The molecule has 4 heteroatoms. The summed E-state index contributed by atoms with van der Waals surface area (Å²) < 4.78 is 13.3. The van der Waals surface area contributed by atoms with Gasteiger partial charge in [-0.05, 0) is 18.2 Å². The summed E-state index contributed by atoms with van der Waals surface area (Å²) in [5.41, 5.74) is 6.90. The maximum Gasteiger partial charge on any atom is 0.149 e. The molecular weight excluding hydrogens is 181 g/mol. The van der Waals surface area contributed by atoms with Crippen molar-refractivity contribution < 1.29 is 4.39 Å². The van der Waals surface area contributed by atoms with Gasteiger partial charge < -0.3 is 5.73 Å². The van der Waals surface area contributed by atoms with Gasteiger partial charge >= 0.3 is 0 Å². The quantitative estimate of drug-likeness (QED) is 0.744. The first-order chi connectivity index (χ1) is 6.79. The lowest BCUT2D eigenvalue weighted by Gasteiger charge is -2.04. The summed E-state index contributed by atoms with van der Waals surface area (Å²) in [7, 11) is 0. The smallest absolute Gasteiger partial charge is 0.149 e. The van der Waals surface area contributed by atoms with Crippen molar-refractivity contribution in [2.24, 2.45) is 0 Å². The summed E-state index contributed by atoms with van der Waals surface area (Å²) >= 11 is 0. The van der Waals surface area contributed by atoms with Gasteiger partial charge in [-0.2, -0.15) is 0 Å². The maximum absolute atomic E-state index is 13.3. The number of hydrogen-bond acceptors (Lipinski definition) is 3. The number of pyridine rings is 2. The van der Waals surface area contributed by atoms with E-state index in [0.29, 0.717) is 11.3 Å².